The Hall–Kier alpha value is -3.79. The normalized spacial score (nSPS) is 16.8. The van der Waals surface area contributed by atoms with Gasteiger partial charge in [0.15, 0.2) is 5.92 Å². The first kappa shape index (κ1) is 20.0. The quantitative estimate of drug-likeness (QED) is 0.345. The summed E-state index contributed by atoms with van der Waals surface area (Å²) in [5.41, 5.74) is -0.00768. The van der Waals surface area contributed by atoms with Crippen LogP contribution in [0.15, 0.2) is 47.5 Å². The van der Waals surface area contributed by atoms with Crippen LogP contribution in [-0.2, 0) is 9.59 Å². The first-order valence-electron chi connectivity index (χ1n) is 8.13. The molecule has 10 nitrogen and oxygen atoms in total. The molecule has 1 atom stereocenters. The Morgan fingerprint density at radius 1 is 1.21 bits per heavy atom. The van der Waals surface area contributed by atoms with E-state index in [4.69, 9.17) is 16.3 Å². The van der Waals surface area contributed by atoms with Crippen LogP contribution in [0, 0.1) is 16.0 Å². The van der Waals surface area contributed by atoms with Gasteiger partial charge in [-0.2, -0.15) is 0 Å². The molecule has 0 saturated carbocycles. The largest absolute Gasteiger partial charge is 0.497 e. The summed E-state index contributed by atoms with van der Waals surface area (Å²) in [5, 5.41) is 13.0. The van der Waals surface area contributed by atoms with Crippen molar-refractivity contribution in [2.45, 2.75) is 0 Å². The molecule has 0 spiro atoms. The van der Waals surface area contributed by atoms with E-state index in [1.807, 2.05) is 0 Å². The zero-order chi connectivity index (χ0) is 21.1. The van der Waals surface area contributed by atoms with Crippen molar-refractivity contribution in [3.63, 3.8) is 0 Å². The number of amides is 4. The van der Waals surface area contributed by atoms with E-state index >= 15 is 0 Å². The van der Waals surface area contributed by atoms with Gasteiger partial charge < -0.3 is 4.74 Å². The van der Waals surface area contributed by atoms with Crippen LogP contribution in [0.1, 0.15) is 0 Å². The topological polar surface area (TPSA) is 131 Å². The van der Waals surface area contributed by atoms with Crippen LogP contribution in [0.4, 0.5) is 21.9 Å². The van der Waals surface area contributed by atoms with E-state index in [1.54, 1.807) is 12.1 Å². The van der Waals surface area contributed by atoms with Gasteiger partial charge in [0.2, 0.25) is 5.91 Å². The number of nitro groups is 1. The van der Waals surface area contributed by atoms with Crippen LogP contribution in [0.25, 0.3) is 0 Å². The van der Waals surface area contributed by atoms with E-state index in [0.717, 1.165) is 17.2 Å². The number of rotatable bonds is 5. The van der Waals surface area contributed by atoms with Gasteiger partial charge in [-0.25, -0.2) is 9.69 Å². The number of methoxy groups -OCH3 is 1. The maximum absolute atomic E-state index is 12.7. The molecule has 29 heavy (non-hydrogen) atoms. The third-order valence-corrected chi connectivity index (χ3v) is 4.35. The molecule has 1 aliphatic rings. The lowest BCUT2D eigenvalue weighted by Gasteiger charge is -2.28. The second-order valence-corrected chi connectivity index (χ2v) is 6.22. The van der Waals surface area contributed by atoms with Crippen molar-refractivity contribution >= 4 is 52.7 Å². The molecule has 2 aromatic carbocycles. The van der Waals surface area contributed by atoms with Crippen LogP contribution in [0.5, 0.6) is 5.75 Å². The summed E-state index contributed by atoms with van der Waals surface area (Å²) >= 11 is 5.75. The van der Waals surface area contributed by atoms with Crippen molar-refractivity contribution in [3.8, 4) is 5.75 Å². The number of nitrogens with zero attached hydrogens (tertiary/aromatic N) is 3. The zero-order valence-electron chi connectivity index (χ0n) is 14.9. The SMILES string of the molecule is COc1ccc(N2C(=O)NC(=O)C(C=Nc3ccc(Cl)c([N+](=O)[O-])c3)C2=O)cc1. The summed E-state index contributed by atoms with van der Waals surface area (Å²) in [5.74, 6) is -2.53. The van der Waals surface area contributed by atoms with Gasteiger partial charge in [0, 0.05) is 12.3 Å². The lowest BCUT2D eigenvalue weighted by molar-refractivity contribution is -0.384. The van der Waals surface area contributed by atoms with Gasteiger partial charge in [0.1, 0.15) is 10.8 Å². The number of hydrogen-bond acceptors (Lipinski definition) is 7. The molecule has 0 bridgehead atoms. The monoisotopic (exact) mass is 416 g/mol. The molecule has 0 aliphatic carbocycles. The molecule has 1 aliphatic heterocycles. The molecule has 2 aromatic rings. The number of barbiturate groups is 1. The second kappa shape index (κ2) is 8.07. The van der Waals surface area contributed by atoms with E-state index in [0.29, 0.717) is 5.75 Å². The minimum absolute atomic E-state index is 0.0725. The summed E-state index contributed by atoms with van der Waals surface area (Å²) < 4.78 is 5.03. The number of imide groups is 2. The Bertz CT molecular complexity index is 1040. The summed E-state index contributed by atoms with van der Waals surface area (Å²) in [6, 6.07) is 8.98. The first-order valence-corrected chi connectivity index (χ1v) is 8.50. The van der Waals surface area contributed by atoms with Gasteiger partial charge in [-0.15, -0.1) is 0 Å². The molecule has 11 heteroatoms. The summed E-state index contributed by atoms with van der Waals surface area (Å²) in [6.45, 7) is 0. The Balaban J connectivity index is 1.88. The number of carbonyl (C=O) groups excluding carboxylic acids is 3. The van der Waals surface area contributed by atoms with Crippen LogP contribution >= 0.6 is 11.6 Å². The van der Waals surface area contributed by atoms with E-state index in [9.17, 15) is 24.5 Å². The van der Waals surface area contributed by atoms with Crippen molar-refractivity contribution in [1.82, 2.24) is 5.32 Å². The average molecular weight is 417 g/mol. The molecule has 4 amide bonds. The zero-order valence-corrected chi connectivity index (χ0v) is 15.6. The Kier molecular flexibility index (Phi) is 5.55. The van der Waals surface area contributed by atoms with Gasteiger partial charge in [0.05, 0.1) is 23.4 Å². The fourth-order valence-corrected chi connectivity index (χ4v) is 2.77. The number of carbonyl (C=O) groups is 3. The lowest BCUT2D eigenvalue weighted by Crippen LogP contribution is -2.58. The van der Waals surface area contributed by atoms with E-state index in [-0.39, 0.29) is 22.1 Å². The fraction of sp³-hybridized carbons (Fsp3) is 0.111. The highest BCUT2D eigenvalue weighted by molar-refractivity contribution is 6.33. The number of ether oxygens (including phenoxy) is 1. The fourth-order valence-electron chi connectivity index (χ4n) is 2.58. The van der Waals surface area contributed by atoms with Gasteiger partial charge >= 0.3 is 6.03 Å². The van der Waals surface area contributed by atoms with Gasteiger partial charge in [-0.3, -0.25) is 30.0 Å². The molecule has 1 heterocycles. The number of benzene rings is 2. The van der Waals surface area contributed by atoms with Gasteiger partial charge in [0.25, 0.3) is 11.6 Å². The van der Waals surface area contributed by atoms with Gasteiger partial charge in [-0.05, 0) is 36.4 Å². The second-order valence-electron chi connectivity index (χ2n) is 5.81. The van der Waals surface area contributed by atoms with Crippen molar-refractivity contribution in [3.05, 3.63) is 57.6 Å². The molecule has 3 rings (SSSR count). The Labute approximate surface area is 168 Å². The number of hydrogen-bond donors (Lipinski definition) is 1. The standard InChI is InChI=1S/C18H13ClN4O6/c1-29-12-5-3-11(4-6-12)22-17(25)13(16(24)21-18(22)26)9-20-10-2-7-14(19)15(8-10)23(27)28/h2-9,13H,1H3,(H,21,24,26). The summed E-state index contributed by atoms with van der Waals surface area (Å²) in [7, 11) is 1.47. The maximum Gasteiger partial charge on any atom is 0.335 e. The molecular weight excluding hydrogens is 404 g/mol. The number of urea groups is 1. The number of anilines is 1. The highest BCUT2D eigenvalue weighted by Gasteiger charge is 2.40. The van der Waals surface area contributed by atoms with Crippen LogP contribution in [0.2, 0.25) is 5.02 Å². The summed E-state index contributed by atoms with van der Waals surface area (Å²) in [4.78, 5) is 52.1. The summed E-state index contributed by atoms with van der Waals surface area (Å²) in [6.07, 6.45) is 1.02. The lowest BCUT2D eigenvalue weighted by atomic mass is 10.1. The predicted molar refractivity (Wildman–Crippen MR) is 104 cm³/mol. The maximum atomic E-state index is 12.7. The van der Waals surface area contributed by atoms with E-state index < -0.39 is 28.7 Å². The average Bonchev–Trinajstić information content (AvgIpc) is 2.69. The number of nitro benzene ring substituents is 1. The third kappa shape index (κ3) is 4.06. The van der Waals surface area contributed by atoms with E-state index in [1.165, 1.54) is 31.4 Å². The minimum atomic E-state index is -1.40. The Morgan fingerprint density at radius 3 is 2.52 bits per heavy atom. The van der Waals surface area contributed by atoms with Crippen molar-refractivity contribution in [1.29, 1.82) is 0 Å². The Morgan fingerprint density at radius 2 is 1.90 bits per heavy atom. The van der Waals surface area contributed by atoms with E-state index in [2.05, 4.69) is 10.3 Å². The molecule has 0 aromatic heterocycles. The predicted octanol–water partition coefficient (Wildman–Crippen LogP) is 2.86. The highest BCUT2D eigenvalue weighted by atomic mass is 35.5. The van der Waals surface area contributed by atoms with Crippen molar-refractivity contribution in [2.24, 2.45) is 10.9 Å². The molecule has 1 N–H and O–H groups in total. The third-order valence-electron chi connectivity index (χ3n) is 4.03. The molecular formula is C18H13ClN4O6. The smallest absolute Gasteiger partial charge is 0.335 e. The highest BCUT2D eigenvalue weighted by Crippen LogP contribution is 2.29. The van der Waals surface area contributed by atoms with Crippen LogP contribution in [0.3, 0.4) is 0 Å². The van der Waals surface area contributed by atoms with Crippen LogP contribution < -0.4 is 15.0 Å². The molecule has 1 saturated heterocycles. The molecule has 1 fully saturated rings. The number of nitrogens with one attached hydrogen (secondary N) is 1. The molecule has 1 unspecified atom stereocenters. The van der Waals surface area contributed by atoms with Gasteiger partial charge in [-0.1, -0.05) is 11.6 Å². The minimum Gasteiger partial charge on any atom is -0.497 e. The van der Waals surface area contributed by atoms with Crippen molar-refractivity contribution in [2.75, 3.05) is 12.0 Å². The number of halogens is 1. The first-order chi connectivity index (χ1) is 13.8. The van der Waals surface area contributed by atoms with Crippen LogP contribution in [-0.4, -0.2) is 36.1 Å². The molecule has 0 radical (unpaired) electrons. The molecule has 148 valence electrons. The van der Waals surface area contributed by atoms with Crippen molar-refractivity contribution < 1.29 is 24.0 Å². The number of aliphatic imine (C=N–C) groups is 1.